The Labute approximate surface area is 74.5 Å². The Bertz CT molecular complexity index is 8.00. The van der Waals surface area contributed by atoms with Crippen molar-refractivity contribution >= 4 is 67.1 Å². The third kappa shape index (κ3) is 8.96. The molecule has 20 valence electrons. The minimum absolute atomic E-state index is 0. The first-order chi connectivity index (χ1) is 1.00. The summed E-state index contributed by atoms with van der Waals surface area (Å²) in [5, 5.41) is 0. The van der Waals surface area contributed by atoms with Crippen molar-refractivity contribution < 1.29 is 8.85 Å². The van der Waals surface area contributed by atoms with Crippen LogP contribution in [-0.2, 0) is 0 Å². The van der Waals surface area contributed by atoms with Gasteiger partial charge in [-0.2, -0.15) is 0 Å². The van der Waals surface area contributed by atoms with E-state index >= 15 is 0 Å². The van der Waals surface area contributed by atoms with Crippen LogP contribution in [0.1, 0.15) is 0 Å². The van der Waals surface area contributed by atoms with Crippen LogP contribution in [0.3, 0.4) is 0 Å². The van der Waals surface area contributed by atoms with Crippen LogP contribution in [0.25, 0.3) is 0 Å². The molecule has 0 spiro atoms. The second-order valence-electron chi connectivity index (χ2n) is 0. The molecule has 2 N–H and O–H groups in total. The molecule has 0 bridgehead atoms. The molecule has 0 heterocycles. The van der Waals surface area contributed by atoms with Crippen LogP contribution in [0.4, 0.5) is 3.38 Å². The first-order valence-electron chi connectivity index (χ1n) is 0.378. The Balaban J connectivity index is -0.00000000500. The number of hydrogen-bond donors (Lipinski definition) is 0. The quantitative estimate of drug-likeness (QED) is 0.401. The van der Waals surface area contributed by atoms with Gasteiger partial charge < -0.3 is 5.48 Å². The standard InChI is InChI=1S/Ba.FH.Li.H2O.2H/h;1H;;1H2;;/q;;+1;;;/p-1. The SMILES string of the molecule is O.[BaH2].[Li][F]. The van der Waals surface area contributed by atoms with Gasteiger partial charge in [0.15, 0.2) is 0 Å². The molecule has 0 aromatic rings. The Kier molecular flexibility index (Phi) is 81.5. The van der Waals surface area contributed by atoms with E-state index in [0.717, 1.165) is 0 Å². The predicted octanol–water partition coefficient (Wildman–Crippen LogP) is -1.70. The van der Waals surface area contributed by atoms with Gasteiger partial charge in [-0.1, -0.05) is 0 Å². The van der Waals surface area contributed by atoms with Crippen molar-refractivity contribution in [2.45, 2.75) is 0 Å². The van der Waals surface area contributed by atoms with Gasteiger partial charge in [0.2, 0.25) is 0 Å². The normalized spacial score (nSPS) is 1.75. The van der Waals surface area contributed by atoms with Crippen LogP contribution in [0, 0.1) is 0 Å². The van der Waals surface area contributed by atoms with Crippen molar-refractivity contribution in [3.8, 4) is 0 Å². The van der Waals surface area contributed by atoms with Crippen molar-refractivity contribution in [2.75, 3.05) is 0 Å². The fourth-order valence-corrected chi connectivity index (χ4v) is 0. The Morgan fingerprint density at radius 1 is 1.25 bits per heavy atom. The molecule has 0 unspecified atom stereocenters. The summed E-state index contributed by atoms with van der Waals surface area (Å²) >= 11 is 0.500. The van der Waals surface area contributed by atoms with Crippen molar-refractivity contribution in [3.63, 3.8) is 0 Å². The maximum atomic E-state index is 9.50. The first kappa shape index (κ1) is 16.6. The van der Waals surface area contributed by atoms with Gasteiger partial charge in [-0.05, 0) is 0 Å². The molecular weight excluding hydrogens is 179 g/mol. The molecule has 0 fully saturated rings. The van der Waals surface area contributed by atoms with E-state index in [1.807, 2.05) is 0 Å². The van der Waals surface area contributed by atoms with E-state index in [1.54, 1.807) is 0 Å². The van der Waals surface area contributed by atoms with E-state index in [9.17, 15) is 3.38 Å². The van der Waals surface area contributed by atoms with Gasteiger partial charge in [-0.25, -0.2) is 0 Å². The molecule has 0 amide bonds. The van der Waals surface area contributed by atoms with Crippen LogP contribution >= 0.6 is 0 Å². The van der Waals surface area contributed by atoms with Gasteiger partial charge in [-0.3, -0.25) is 0 Å². The van der Waals surface area contributed by atoms with Gasteiger partial charge in [0.1, 0.15) is 0 Å². The third-order valence-corrected chi connectivity index (χ3v) is 0. The topological polar surface area (TPSA) is 31.5 Å². The number of hydrogen-bond acceptors (Lipinski definition) is 0. The van der Waals surface area contributed by atoms with Crippen LogP contribution in [0.2, 0.25) is 0 Å². The zero-order valence-corrected chi connectivity index (χ0v) is 1.88. The van der Waals surface area contributed by atoms with Gasteiger partial charge >= 0.3 is 70.5 Å². The molecule has 0 aliphatic rings. The molecule has 0 aliphatic carbocycles. The summed E-state index contributed by atoms with van der Waals surface area (Å²) in [5.74, 6) is 0. The van der Waals surface area contributed by atoms with Gasteiger partial charge in [0, 0.05) is 0 Å². The molecule has 4 heteroatoms. The minimum atomic E-state index is 0. The Morgan fingerprint density at radius 2 is 1.25 bits per heavy atom. The molecule has 1 nitrogen and oxygen atoms in total. The van der Waals surface area contributed by atoms with Crippen molar-refractivity contribution in [2.24, 2.45) is 0 Å². The van der Waals surface area contributed by atoms with Crippen molar-refractivity contribution in [3.05, 3.63) is 0 Å². The zero-order chi connectivity index (χ0) is 2.00. The van der Waals surface area contributed by atoms with E-state index in [2.05, 4.69) is 0 Å². The molecule has 4 heavy (non-hydrogen) atoms. The molecule has 0 saturated carbocycles. The Hall–Kier alpha value is 2.06. The van der Waals surface area contributed by atoms with Crippen LogP contribution in [-0.4, -0.2) is 72.6 Å². The predicted molar refractivity (Wildman–Crippen MR) is 19.0 cm³/mol. The average Bonchev–Trinajstić information content (AvgIpc) is 1.00. The molecule has 0 aromatic carbocycles. The van der Waals surface area contributed by atoms with Crippen LogP contribution < -0.4 is 0 Å². The van der Waals surface area contributed by atoms with Crippen molar-refractivity contribution in [1.82, 2.24) is 0 Å². The van der Waals surface area contributed by atoms with E-state index in [-0.39, 0.29) is 54.4 Å². The molecular formula is H4BaFLiO. The molecule has 0 aromatic heterocycles. The van der Waals surface area contributed by atoms with E-state index in [4.69, 9.17) is 0 Å². The zero-order valence-electron chi connectivity index (χ0n) is 1.88. The number of halogens is 1. The molecule has 0 radical (unpaired) electrons. The average molecular weight is 183 g/mol. The van der Waals surface area contributed by atoms with Crippen LogP contribution in [0.5, 0.6) is 0 Å². The fourth-order valence-electron chi connectivity index (χ4n) is 0. The summed E-state index contributed by atoms with van der Waals surface area (Å²) in [6.45, 7) is 0. The van der Waals surface area contributed by atoms with Gasteiger partial charge in [-0.15, -0.1) is 0 Å². The summed E-state index contributed by atoms with van der Waals surface area (Å²) in [6, 6.07) is 0. The summed E-state index contributed by atoms with van der Waals surface area (Å²) in [6.07, 6.45) is 0. The molecule has 0 rings (SSSR count). The molecule has 0 aliphatic heterocycles. The Morgan fingerprint density at radius 3 is 1.25 bits per heavy atom. The van der Waals surface area contributed by atoms with E-state index in [0.29, 0.717) is 18.2 Å². The molecule has 0 atom stereocenters. The maximum absolute atomic E-state index is 9.50. The van der Waals surface area contributed by atoms with E-state index < -0.39 is 0 Å². The fraction of sp³-hybridized carbons (Fsp3) is 0. The summed E-state index contributed by atoms with van der Waals surface area (Å²) in [5.41, 5.74) is 0. The second kappa shape index (κ2) is 19.7. The van der Waals surface area contributed by atoms with Gasteiger partial charge in [0.05, 0.1) is 0 Å². The monoisotopic (exact) mass is 184 g/mol. The summed E-state index contributed by atoms with van der Waals surface area (Å²) in [4.78, 5) is 0. The summed E-state index contributed by atoms with van der Waals surface area (Å²) < 4.78 is 9.50. The third-order valence-electron chi connectivity index (χ3n) is 0. The first-order valence-corrected chi connectivity index (χ1v) is 0.378. The van der Waals surface area contributed by atoms with Crippen molar-refractivity contribution in [1.29, 1.82) is 0 Å². The number of rotatable bonds is 0. The van der Waals surface area contributed by atoms with Gasteiger partial charge in [0.25, 0.3) is 0 Å². The van der Waals surface area contributed by atoms with Crippen LogP contribution in [0.15, 0.2) is 0 Å². The summed E-state index contributed by atoms with van der Waals surface area (Å²) in [7, 11) is 0. The molecule has 0 saturated heterocycles. The second-order valence-corrected chi connectivity index (χ2v) is 0. The van der Waals surface area contributed by atoms with E-state index in [1.165, 1.54) is 0 Å².